The molecule has 2 N–H and O–H groups in total. The average molecular weight is 409 g/mol. The van der Waals surface area contributed by atoms with Crippen molar-refractivity contribution < 1.29 is 21.6 Å². The third kappa shape index (κ3) is 3.97. The van der Waals surface area contributed by atoms with Crippen LogP contribution in [0.15, 0.2) is 52.3 Å². The van der Waals surface area contributed by atoms with Crippen LogP contribution >= 0.6 is 0 Å². The Bertz CT molecular complexity index is 1110. The fraction of sp³-hybridized carbons (Fsp3) is 0.235. The highest BCUT2D eigenvalue weighted by molar-refractivity contribution is 7.92. The maximum absolute atomic E-state index is 12.7. The van der Waals surface area contributed by atoms with Gasteiger partial charge >= 0.3 is 0 Å². The van der Waals surface area contributed by atoms with Gasteiger partial charge in [0.15, 0.2) is 0 Å². The number of carbonyl (C=O) groups excluding carboxylic acids is 1. The van der Waals surface area contributed by atoms with Crippen LogP contribution in [0.2, 0.25) is 0 Å². The summed E-state index contributed by atoms with van der Waals surface area (Å²) in [6.45, 7) is 0. The summed E-state index contributed by atoms with van der Waals surface area (Å²) in [7, 11) is -4.79. The van der Waals surface area contributed by atoms with E-state index in [1.165, 1.54) is 50.5 Å². The van der Waals surface area contributed by atoms with Gasteiger partial charge in [-0.2, -0.15) is 0 Å². The number of carbonyl (C=O) groups is 1. The van der Waals surface area contributed by atoms with Crippen molar-refractivity contribution in [1.82, 2.24) is 4.31 Å². The lowest BCUT2D eigenvalue weighted by atomic mass is 10.0. The molecule has 0 unspecified atom stereocenters. The van der Waals surface area contributed by atoms with Crippen LogP contribution in [0.25, 0.3) is 0 Å². The second-order valence-corrected chi connectivity index (χ2v) is 10.1. The predicted molar refractivity (Wildman–Crippen MR) is 102 cm³/mol. The van der Waals surface area contributed by atoms with Crippen molar-refractivity contribution in [2.75, 3.05) is 24.1 Å². The van der Waals surface area contributed by atoms with Gasteiger partial charge in [-0.25, -0.2) is 21.1 Å². The number of benzene rings is 2. The van der Waals surface area contributed by atoms with Crippen LogP contribution < -0.4 is 10.0 Å². The largest absolute Gasteiger partial charge is 0.326 e. The lowest BCUT2D eigenvalue weighted by molar-refractivity contribution is -0.116. The molecule has 0 atom stereocenters. The second-order valence-electron chi connectivity index (χ2n) is 6.29. The van der Waals surface area contributed by atoms with Crippen molar-refractivity contribution in [3.05, 3.63) is 48.0 Å². The quantitative estimate of drug-likeness (QED) is 0.779. The SMILES string of the molecule is CN(C)S(=O)(=O)c1cccc(NS(=O)(=O)c2ccc3c(c2)CCC(=O)N3)c1. The van der Waals surface area contributed by atoms with E-state index in [-0.39, 0.29) is 21.4 Å². The standard InChI is InChI=1S/C17H19N3O5S2/c1-20(2)27(24,25)15-5-3-4-13(11-15)19-26(22,23)14-7-8-16-12(10-14)6-9-17(21)18-16/h3-5,7-8,10-11,19H,6,9H2,1-2H3,(H,18,21). The summed E-state index contributed by atoms with van der Waals surface area (Å²) in [5.41, 5.74) is 1.48. The molecule has 0 fully saturated rings. The van der Waals surface area contributed by atoms with E-state index in [0.717, 1.165) is 9.87 Å². The fourth-order valence-corrected chi connectivity index (χ4v) is 4.72. The number of amides is 1. The summed E-state index contributed by atoms with van der Waals surface area (Å²) in [6.07, 6.45) is 0.759. The molecule has 1 heterocycles. The first-order valence-electron chi connectivity index (χ1n) is 8.08. The predicted octanol–water partition coefficient (Wildman–Crippen LogP) is 1.62. The number of aryl methyl sites for hydroxylation is 1. The highest BCUT2D eigenvalue weighted by Crippen LogP contribution is 2.27. The van der Waals surface area contributed by atoms with Gasteiger partial charge in [-0.1, -0.05) is 6.07 Å². The van der Waals surface area contributed by atoms with Gasteiger partial charge in [0.1, 0.15) is 0 Å². The number of hydrogen-bond acceptors (Lipinski definition) is 5. The molecular formula is C17H19N3O5S2. The number of nitrogens with one attached hydrogen (secondary N) is 2. The Morgan fingerprint density at radius 1 is 0.963 bits per heavy atom. The zero-order chi connectivity index (χ0) is 19.8. The van der Waals surface area contributed by atoms with Gasteiger partial charge in [0.05, 0.1) is 15.5 Å². The van der Waals surface area contributed by atoms with Gasteiger partial charge in [-0.05, 0) is 48.4 Å². The van der Waals surface area contributed by atoms with Gasteiger partial charge < -0.3 is 5.32 Å². The van der Waals surface area contributed by atoms with Crippen LogP contribution in [0.5, 0.6) is 0 Å². The topological polar surface area (TPSA) is 113 Å². The first-order valence-corrected chi connectivity index (χ1v) is 11.0. The minimum atomic E-state index is -3.91. The van der Waals surface area contributed by atoms with E-state index in [2.05, 4.69) is 10.0 Å². The van der Waals surface area contributed by atoms with E-state index in [1.807, 2.05) is 0 Å². The van der Waals surface area contributed by atoms with Crippen molar-refractivity contribution >= 4 is 37.3 Å². The number of sulfonamides is 2. The smallest absolute Gasteiger partial charge is 0.261 e. The average Bonchev–Trinajstić information content (AvgIpc) is 2.60. The molecule has 1 aliphatic heterocycles. The molecule has 2 aromatic rings. The number of fused-ring (bicyclic) bond motifs is 1. The van der Waals surface area contributed by atoms with E-state index in [1.54, 1.807) is 6.07 Å². The molecule has 0 aliphatic carbocycles. The molecule has 1 amide bonds. The Morgan fingerprint density at radius 3 is 2.41 bits per heavy atom. The van der Waals surface area contributed by atoms with Crippen molar-refractivity contribution in [2.45, 2.75) is 22.6 Å². The minimum absolute atomic E-state index is 0.0131. The molecule has 2 aromatic carbocycles. The van der Waals surface area contributed by atoms with Gasteiger partial charge in [0, 0.05) is 26.2 Å². The molecule has 10 heteroatoms. The van der Waals surface area contributed by atoms with Gasteiger partial charge in [0.2, 0.25) is 15.9 Å². The Balaban J connectivity index is 1.91. The van der Waals surface area contributed by atoms with E-state index in [9.17, 15) is 21.6 Å². The monoisotopic (exact) mass is 409 g/mol. The molecule has 0 aromatic heterocycles. The Labute approximate surface area is 158 Å². The van der Waals surface area contributed by atoms with Crippen LogP contribution in [0, 0.1) is 0 Å². The normalized spacial score (nSPS) is 14.6. The summed E-state index contributed by atoms with van der Waals surface area (Å²) in [5, 5.41) is 2.70. The summed E-state index contributed by atoms with van der Waals surface area (Å²) < 4.78 is 53.3. The van der Waals surface area contributed by atoms with Gasteiger partial charge in [-0.3, -0.25) is 9.52 Å². The van der Waals surface area contributed by atoms with Gasteiger partial charge in [-0.15, -0.1) is 0 Å². The number of hydrogen-bond donors (Lipinski definition) is 2. The molecule has 1 aliphatic rings. The Morgan fingerprint density at radius 2 is 1.70 bits per heavy atom. The minimum Gasteiger partial charge on any atom is -0.326 e. The molecule has 8 nitrogen and oxygen atoms in total. The highest BCUT2D eigenvalue weighted by atomic mass is 32.2. The first-order chi connectivity index (χ1) is 12.6. The fourth-order valence-electron chi connectivity index (χ4n) is 2.67. The molecule has 0 saturated heterocycles. The maximum Gasteiger partial charge on any atom is 0.261 e. The van der Waals surface area contributed by atoms with Gasteiger partial charge in [0.25, 0.3) is 10.0 Å². The maximum atomic E-state index is 12.7. The van der Waals surface area contributed by atoms with Crippen molar-refractivity contribution in [1.29, 1.82) is 0 Å². The van der Waals surface area contributed by atoms with E-state index >= 15 is 0 Å². The summed E-state index contributed by atoms with van der Waals surface area (Å²) in [4.78, 5) is 11.4. The number of anilines is 2. The van der Waals surface area contributed by atoms with Crippen LogP contribution in [0.4, 0.5) is 11.4 Å². The number of rotatable bonds is 5. The van der Waals surface area contributed by atoms with Crippen molar-refractivity contribution in [2.24, 2.45) is 0 Å². The van der Waals surface area contributed by atoms with E-state index in [0.29, 0.717) is 18.5 Å². The molecule has 0 bridgehead atoms. The molecule has 0 spiro atoms. The molecule has 0 saturated carbocycles. The molecule has 0 radical (unpaired) electrons. The summed E-state index contributed by atoms with van der Waals surface area (Å²) in [6, 6.07) is 10.1. The zero-order valence-electron chi connectivity index (χ0n) is 14.8. The van der Waals surface area contributed by atoms with Crippen molar-refractivity contribution in [3.63, 3.8) is 0 Å². The van der Waals surface area contributed by atoms with E-state index < -0.39 is 20.0 Å². The zero-order valence-corrected chi connectivity index (χ0v) is 16.4. The molecule has 144 valence electrons. The lowest BCUT2D eigenvalue weighted by Crippen LogP contribution is -2.22. The highest BCUT2D eigenvalue weighted by Gasteiger charge is 2.22. The second kappa shape index (κ2) is 6.95. The van der Waals surface area contributed by atoms with E-state index in [4.69, 9.17) is 0 Å². The summed E-state index contributed by atoms with van der Waals surface area (Å²) >= 11 is 0. The first kappa shape index (κ1) is 19.3. The molecular weight excluding hydrogens is 390 g/mol. The van der Waals surface area contributed by atoms with Crippen LogP contribution in [0.1, 0.15) is 12.0 Å². The third-order valence-electron chi connectivity index (χ3n) is 4.15. The lowest BCUT2D eigenvalue weighted by Gasteiger charge is -2.18. The van der Waals surface area contributed by atoms with Crippen LogP contribution in [-0.4, -0.2) is 41.1 Å². The Kier molecular flexibility index (Phi) is 4.98. The van der Waals surface area contributed by atoms with Crippen LogP contribution in [-0.2, 0) is 31.3 Å². The van der Waals surface area contributed by atoms with Crippen LogP contribution in [0.3, 0.4) is 0 Å². The third-order valence-corrected chi connectivity index (χ3v) is 7.34. The van der Waals surface area contributed by atoms with Crippen molar-refractivity contribution in [3.8, 4) is 0 Å². The molecule has 3 rings (SSSR count). The molecule has 27 heavy (non-hydrogen) atoms. The Hall–Kier alpha value is -2.43. The number of nitrogens with zero attached hydrogens (tertiary/aromatic N) is 1. The summed E-state index contributed by atoms with van der Waals surface area (Å²) in [5.74, 6) is -0.102.